The van der Waals surface area contributed by atoms with E-state index in [1.807, 2.05) is 25.1 Å². The number of rotatable bonds is 14. The predicted molar refractivity (Wildman–Crippen MR) is 160 cm³/mol. The number of nitrogens with zero attached hydrogens (tertiary/aromatic N) is 2. The highest BCUT2D eigenvalue weighted by Gasteiger charge is 2.24. The largest absolute Gasteiger partial charge is 0.355 e. The molecule has 1 atom stereocenters. The minimum atomic E-state index is -2.81. The highest BCUT2D eigenvalue weighted by atomic mass is 19.3. The van der Waals surface area contributed by atoms with Crippen LogP contribution in [0, 0.1) is 0 Å². The van der Waals surface area contributed by atoms with E-state index in [9.17, 15) is 23.2 Å². The zero-order valence-electron chi connectivity index (χ0n) is 24.9. The summed E-state index contributed by atoms with van der Waals surface area (Å²) >= 11 is 0. The Morgan fingerprint density at radius 3 is 2.51 bits per heavy atom. The standard InChI is InChI=1S/C32H44F2N4O3/c1-6-25-11-8-13-27(17-16-25)23(3)37-29(15-10-18-32(5,33)34)38(30(40)7-2)22-26-12-9-14-28(21-26)31(41)36-20-19-35-24(4)39/h8-9,12-14,16-17,21,23H,6-7,10-11,15,18-20,22H2,1-5H3,(H,35,39)(H,36,41)/b37-29-. The van der Waals surface area contributed by atoms with Crippen LogP contribution in [0.3, 0.4) is 0 Å². The van der Waals surface area contributed by atoms with Crippen molar-refractivity contribution in [1.82, 2.24) is 15.5 Å². The first-order valence-corrected chi connectivity index (χ1v) is 14.4. The van der Waals surface area contributed by atoms with Crippen molar-refractivity contribution in [2.45, 2.75) is 91.7 Å². The maximum atomic E-state index is 13.7. The van der Waals surface area contributed by atoms with Gasteiger partial charge in [0.1, 0.15) is 5.84 Å². The number of carbonyl (C=O) groups is 3. The van der Waals surface area contributed by atoms with Gasteiger partial charge in [-0.1, -0.05) is 55.9 Å². The predicted octanol–water partition coefficient (Wildman–Crippen LogP) is 6.13. The summed E-state index contributed by atoms with van der Waals surface area (Å²) in [5, 5.41) is 5.39. The summed E-state index contributed by atoms with van der Waals surface area (Å²) < 4.78 is 27.4. The molecule has 0 fully saturated rings. The summed E-state index contributed by atoms with van der Waals surface area (Å²) in [6.07, 6.45) is 10.4. The van der Waals surface area contributed by atoms with Gasteiger partial charge in [0.15, 0.2) is 0 Å². The van der Waals surface area contributed by atoms with Gasteiger partial charge >= 0.3 is 0 Å². The Kier molecular flexibility index (Phi) is 13.6. The average Bonchev–Trinajstić information content (AvgIpc) is 3.18. The van der Waals surface area contributed by atoms with Gasteiger partial charge in [-0.05, 0) is 56.4 Å². The molecule has 1 unspecified atom stereocenters. The zero-order chi connectivity index (χ0) is 30.4. The minimum Gasteiger partial charge on any atom is -0.355 e. The summed E-state index contributed by atoms with van der Waals surface area (Å²) in [6.45, 7) is 8.85. The molecule has 1 aliphatic rings. The molecule has 1 aromatic rings. The van der Waals surface area contributed by atoms with Crippen molar-refractivity contribution < 1.29 is 23.2 Å². The Morgan fingerprint density at radius 2 is 1.85 bits per heavy atom. The number of benzene rings is 1. The summed E-state index contributed by atoms with van der Waals surface area (Å²) in [4.78, 5) is 43.4. The smallest absolute Gasteiger partial charge is 0.251 e. The third-order valence-electron chi connectivity index (χ3n) is 6.73. The van der Waals surface area contributed by atoms with Crippen LogP contribution in [0.15, 0.2) is 64.7 Å². The fourth-order valence-corrected chi connectivity index (χ4v) is 4.37. The van der Waals surface area contributed by atoms with Crippen LogP contribution in [0.4, 0.5) is 8.78 Å². The summed E-state index contributed by atoms with van der Waals surface area (Å²) in [5.41, 5.74) is 3.42. The van der Waals surface area contributed by atoms with Crippen LogP contribution in [-0.4, -0.2) is 53.5 Å². The Morgan fingerprint density at radius 1 is 1.12 bits per heavy atom. The Balaban J connectivity index is 2.34. The topological polar surface area (TPSA) is 90.9 Å². The molecule has 3 amide bonds. The first-order chi connectivity index (χ1) is 19.4. The van der Waals surface area contributed by atoms with E-state index >= 15 is 0 Å². The number of halogens is 2. The molecule has 1 aliphatic carbocycles. The maximum Gasteiger partial charge on any atom is 0.251 e. The lowest BCUT2D eigenvalue weighted by molar-refractivity contribution is -0.127. The number of nitrogens with one attached hydrogen (secondary N) is 2. The number of amides is 3. The lowest BCUT2D eigenvalue weighted by Gasteiger charge is -2.26. The van der Waals surface area contributed by atoms with E-state index in [0.717, 1.165) is 25.3 Å². The van der Waals surface area contributed by atoms with Crippen LogP contribution in [0.5, 0.6) is 0 Å². The lowest BCUT2D eigenvalue weighted by Crippen LogP contribution is -2.37. The Bertz CT molecular complexity index is 1180. The number of aliphatic imine (C=N–C) groups is 1. The van der Waals surface area contributed by atoms with Gasteiger partial charge in [-0.25, -0.2) is 8.78 Å². The molecule has 0 aliphatic heterocycles. The molecule has 1 aromatic carbocycles. The number of amidine groups is 1. The van der Waals surface area contributed by atoms with Gasteiger partial charge in [-0.2, -0.15) is 0 Å². The summed E-state index contributed by atoms with van der Waals surface area (Å²) in [7, 11) is 0. The van der Waals surface area contributed by atoms with E-state index in [0.29, 0.717) is 23.5 Å². The van der Waals surface area contributed by atoms with Crippen LogP contribution in [0.1, 0.15) is 89.1 Å². The molecule has 2 N–H and O–H groups in total. The van der Waals surface area contributed by atoms with E-state index in [1.165, 1.54) is 12.5 Å². The monoisotopic (exact) mass is 570 g/mol. The molecule has 0 radical (unpaired) electrons. The quantitative estimate of drug-likeness (QED) is 0.160. The van der Waals surface area contributed by atoms with E-state index in [1.54, 1.807) is 30.0 Å². The van der Waals surface area contributed by atoms with E-state index in [2.05, 4.69) is 29.7 Å². The molecule has 0 aromatic heterocycles. The molecule has 224 valence electrons. The van der Waals surface area contributed by atoms with Crippen molar-refractivity contribution in [1.29, 1.82) is 0 Å². The van der Waals surface area contributed by atoms with E-state index in [-0.39, 0.29) is 62.5 Å². The first-order valence-electron chi connectivity index (χ1n) is 14.4. The summed E-state index contributed by atoms with van der Waals surface area (Å²) in [6, 6.07) is 6.65. The third-order valence-corrected chi connectivity index (χ3v) is 6.73. The molecule has 7 nitrogen and oxygen atoms in total. The van der Waals surface area contributed by atoms with Crippen LogP contribution in [0.25, 0.3) is 0 Å². The Labute approximate surface area is 242 Å². The van der Waals surface area contributed by atoms with Crippen molar-refractivity contribution in [2.75, 3.05) is 13.1 Å². The number of allylic oxidation sites excluding steroid dienone is 4. The van der Waals surface area contributed by atoms with Crippen molar-refractivity contribution >= 4 is 23.6 Å². The van der Waals surface area contributed by atoms with Crippen LogP contribution in [0.2, 0.25) is 0 Å². The second-order valence-corrected chi connectivity index (χ2v) is 10.4. The molecule has 0 spiro atoms. The maximum absolute atomic E-state index is 13.7. The van der Waals surface area contributed by atoms with Gasteiger partial charge in [-0.3, -0.25) is 24.3 Å². The second kappa shape index (κ2) is 16.6. The van der Waals surface area contributed by atoms with Crippen LogP contribution >= 0.6 is 0 Å². The van der Waals surface area contributed by atoms with Gasteiger partial charge in [0.25, 0.3) is 5.91 Å². The molecular formula is C32H44F2N4O3. The van der Waals surface area contributed by atoms with Gasteiger partial charge < -0.3 is 10.6 Å². The van der Waals surface area contributed by atoms with Gasteiger partial charge in [-0.15, -0.1) is 0 Å². The van der Waals surface area contributed by atoms with Crippen molar-refractivity contribution in [3.05, 3.63) is 70.8 Å². The average molecular weight is 571 g/mol. The highest BCUT2D eigenvalue weighted by Crippen LogP contribution is 2.23. The molecule has 0 saturated carbocycles. The SMILES string of the molecule is CCC(=O)N(Cc1cccc(C(=O)NCCNC(C)=O)c1)/C(CCCC(C)(F)F)=N\C(C)C1=CC=C(CC)CC=C1. The van der Waals surface area contributed by atoms with Crippen molar-refractivity contribution in [3.63, 3.8) is 0 Å². The van der Waals surface area contributed by atoms with Gasteiger partial charge in [0.05, 0.1) is 12.6 Å². The normalized spacial score (nSPS) is 14.5. The number of hydrogen-bond donors (Lipinski definition) is 2. The third kappa shape index (κ3) is 12.2. The number of hydrogen-bond acceptors (Lipinski definition) is 4. The Hall–Kier alpha value is -3.62. The van der Waals surface area contributed by atoms with Crippen molar-refractivity contribution in [2.24, 2.45) is 4.99 Å². The molecule has 2 rings (SSSR count). The van der Waals surface area contributed by atoms with Crippen LogP contribution in [-0.2, 0) is 16.1 Å². The highest BCUT2D eigenvalue weighted by molar-refractivity contribution is 5.98. The van der Waals surface area contributed by atoms with Crippen LogP contribution < -0.4 is 10.6 Å². The molecule has 0 saturated heterocycles. The molecule has 9 heteroatoms. The fraction of sp³-hybridized carbons (Fsp3) is 0.500. The fourth-order valence-electron chi connectivity index (χ4n) is 4.37. The lowest BCUT2D eigenvalue weighted by atomic mass is 10.1. The number of alkyl halides is 2. The van der Waals surface area contributed by atoms with Crippen molar-refractivity contribution in [3.8, 4) is 0 Å². The minimum absolute atomic E-state index is 0.155. The number of carbonyl (C=O) groups excluding carboxylic acids is 3. The molecule has 41 heavy (non-hydrogen) atoms. The van der Waals surface area contributed by atoms with Gasteiger partial charge in [0.2, 0.25) is 17.7 Å². The van der Waals surface area contributed by atoms with E-state index < -0.39 is 5.92 Å². The zero-order valence-corrected chi connectivity index (χ0v) is 24.9. The first kappa shape index (κ1) is 33.6. The molecule has 0 bridgehead atoms. The summed E-state index contributed by atoms with van der Waals surface area (Å²) in [5.74, 6) is -3.01. The molecular weight excluding hydrogens is 526 g/mol. The van der Waals surface area contributed by atoms with E-state index in [4.69, 9.17) is 4.99 Å². The van der Waals surface area contributed by atoms with Gasteiger partial charge in [0, 0.05) is 44.8 Å². The second-order valence-electron chi connectivity index (χ2n) is 10.4. The molecule has 0 heterocycles.